The van der Waals surface area contributed by atoms with E-state index in [-0.39, 0.29) is 25.0 Å². The lowest BCUT2D eigenvalue weighted by Crippen LogP contribution is -2.14. The van der Waals surface area contributed by atoms with Crippen molar-refractivity contribution >= 4 is 22.9 Å². The van der Waals surface area contributed by atoms with Crippen molar-refractivity contribution in [2.24, 2.45) is 0 Å². The van der Waals surface area contributed by atoms with E-state index in [9.17, 15) is 4.79 Å². The summed E-state index contributed by atoms with van der Waals surface area (Å²) in [6.07, 6.45) is 0.285. The SMILES string of the molecule is Cc1ccc(NC(=O)Cc2nc(COc3nnc(-c4ccccc4)o3)cs2)cc1. The minimum absolute atomic E-state index is 0.0792. The molecule has 0 aliphatic heterocycles. The highest BCUT2D eigenvalue weighted by molar-refractivity contribution is 7.09. The third-order valence-electron chi connectivity index (χ3n) is 4.02. The first-order valence-corrected chi connectivity index (χ1v) is 9.85. The molecule has 146 valence electrons. The van der Waals surface area contributed by atoms with Gasteiger partial charge in [0, 0.05) is 16.6 Å². The first kappa shape index (κ1) is 18.8. The summed E-state index contributed by atoms with van der Waals surface area (Å²) in [4.78, 5) is 16.6. The highest BCUT2D eigenvalue weighted by Gasteiger charge is 2.12. The molecule has 2 aromatic carbocycles. The molecule has 4 aromatic rings. The van der Waals surface area contributed by atoms with Crippen molar-refractivity contribution in [2.45, 2.75) is 20.0 Å². The number of carbonyl (C=O) groups is 1. The lowest BCUT2D eigenvalue weighted by molar-refractivity contribution is -0.115. The smallest absolute Gasteiger partial charge is 0.415 e. The number of rotatable bonds is 7. The van der Waals surface area contributed by atoms with Crippen LogP contribution < -0.4 is 10.1 Å². The van der Waals surface area contributed by atoms with Crippen molar-refractivity contribution in [3.63, 3.8) is 0 Å². The van der Waals surface area contributed by atoms with Gasteiger partial charge in [-0.3, -0.25) is 4.79 Å². The van der Waals surface area contributed by atoms with Crippen molar-refractivity contribution in [3.8, 4) is 17.5 Å². The Morgan fingerprint density at radius 3 is 2.69 bits per heavy atom. The van der Waals surface area contributed by atoms with Gasteiger partial charge in [0.15, 0.2) is 0 Å². The molecular weight excluding hydrogens is 388 g/mol. The topological polar surface area (TPSA) is 90.1 Å². The van der Waals surface area contributed by atoms with Gasteiger partial charge in [-0.05, 0) is 31.2 Å². The highest BCUT2D eigenvalue weighted by atomic mass is 32.1. The second kappa shape index (κ2) is 8.66. The summed E-state index contributed by atoms with van der Waals surface area (Å²) in [5.74, 6) is 0.285. The zero-order valence-electron chi connectivity index (χ0n) is 15.7. The molecule has 0 bridgehead atoms. The van der Waals surface area contributed by atoms with Gasteiger partial charge in [-0.25, -0.2) is 4.98 Å². The molecule has 0 saturated carbocycles. The van der Waals surface area contributed by atoms with Gasteiger partial charge >= 0.3 is 6.08 Å². The molecule has 8 heteroatoms. The quantitative estimate of drug-likeness (QED) is 0.493. The van der Waals surface area contributed by atoms with Crippen LogP contribution in [0.25, 0.3) is 11.5 Å². The Kier molecular flexibility index (Phi) is 5.62. The summed E-state index contributed by atoms with van der Waals surface area (Å²) in [6.45, 7) is 2.19. The molecule has 1 amide bonds. The van der Waals surface area contributed by atoms with E-state index in [1.807, 2.05) is 66.9 Å². The number of thiazole rings is 1. The normalized spacial score (nSPS) is 10.7. The van der Waals surface area contributed by atoms with Gasteiger partial charge < -0.3 is 14.5 Å². The van der Waals surface area contributed by atoms with Crippen molar-refractivity contribution in [1.82, 2.24) is 15.2 Å². The van der Waals surface area contributed by atoms with Crippen LogP contribution in [-0.2, 0) is 17.8 Å². The Morgan fingerprint density at radius 1 is 1.10 bits per heavy atom. The maximum absolute atomic E-state index is 12.2. The van der Waals surface area contributed by atoms with Gasteiger partial charge in [0.1, 0.15) is 11.6 Å². The molecule has 4 rings (SSSR count). The van der Waals surface area contributed by atoms with E-state index in [0.717, 1.165) is 16.8 Å². The molecule has 7 nitrogen and oxygen atoms in total. The minimum atomic E-state index is -0.111. The first-order chi connectivity index (χ1) is 14.2. The van der Waals surface area contributed by atoms with Crippen LogP contribution in [0.3, 0.4) is 0 Å². The van der Waals surface area contributed by atoms with Crippen LogP contribution in [0.2, 0.25) is 0 Å². The van der Waals surface area contributed by atoms with Crippen molar-refractivity contribution in [3.05, 3.63) is 76.2 Å². The van der Waals surface area contributed by atoms with Crippen LogP contribution in [0, 0.1) is 6.92 Å². The van der Waals surface area contributed by atoms with Crippen LogP contribution in [0.5, 0.6) is 6.08 Å². The van der Waals surface area contributed by atoms with Gasteiger partial charge in [0.25, 0.3) is 5.89 Å². The van der Waals surface area contributed by atoms with Gasteiger partial charge in [-0.1, -0.05) is 41.0 Å². The number of carbonyl (C=O) groups excluding carboxylic acids is 1. The third kappa shape index (κ3) is 5.05. The van der Waals surface area contributed by atoms with Crippen molar-refractivity contribution < 1.29 is 13.9 Å². The summed E-state index contributed by atoms with van der Waals surface area (Å²) in [6, 6.07) is 17.1. The molecule has 0 atom stereocenters. The Morgan fingerprint density at radius 2 is 1.90 bits per heavy atom. The van der Waals surface area contributed by atoms with Gasteiger partial charge in [0.05, 0.1) is 12.1 Å². The van der Waals surface area contributed by atoms with Crippen LogP contribution >= 0.6 is 11.3 Å². The Balaban J connectivity index is 1.30. The molecule has 29 heavy (non-hydrogen) atoms. The molecule has 0 spiro atoms. The summed E-state index contributed by atoms with van der Waals surface area (Å²) in [5.41, 5.74) is 3.44. The molecule has 0 aliphatic rings. The Hall–Kier alpha value is -3.52. The van der Waals surface area contributed by atoms with Crippen molar-refractivity contribution in [1.29, 1.82) is 0 Å². The minimum Gasteiger partial charge on any atom is -0.442 e. The zero-order valence-corrected chi connectivity index (χ0v) is 16.5. The average molecular weight is 406 g/mol. The van der Waals surface area contributed by atoms with Crippen LogP contribution in [-0.4, -0.2) is 21.1 Å². The second-order valence-electron chi connectivity index (χ2n) is 6.35. The highest BCUT2D eigenvalue weighted by Crippen LogP contribution is 2.21. The fraction of sp³-hybridized carbons (Fsp3) is 0.143. The van der Waals surface area contributed by atoms with E-state index >= 15 is 0 Å². The number of anilines is 1. The number of aromatic nitrogens is 3. The monoisotopic (exact) mass is 406 g/mol. The molecular formula is C21H18N4O3S. The van der Waals surface area contributed by atoms with Crippen LogP contribution in [0.4, 0.5) is 5.69 Å². The third-order valence-corrected chi connectivity index (χ3v) is 4.91. The Labute approximate surface area is 171 Å². The van der Waals surface area contributed by atoms with E-state index in [2.05, 4.69) is 20.5 Å². The summed E-state index contributed by atoms with van der Waals surface area (Å²) < 4.78 is 11.0. The maximum atomic E-state index is 12.2. The van der Waals surface area contributed by atoms with E-state index < -0.39 is 0 Å². The zero-order chi connectivity index (χ0) is 20.1. The number of benzene rings is 2. The molecule has 0 unspecified atom stereocenters. The summed E-state index contributed by atoms with van der Waals surface area (Å²) in [7, 11) is 0. The van der Waals surface area contributed by atoms with E-state index in [4.69, 9.17) is 9.15 Å². The first-order valence-electron chi connectivity index (χ1n) is 8.97. The van der Waals surface area contributed by atoms with E-state index in [1.54, 1.807) is 0 Å². The van der Waals surface area contributed by atoms with Crippen molar-refractivity contribution in [2.75, 3.05) is 5.32 Å². The number of amides is 1. The lowest BCUT2D eigenvalue weighted by atomic mass is 10.2. The fourth-order valence-corrected chi connectivity index (χ4v) is 3.35. The number of hydrogen-bond donors (Lipinski definition) is 1. The van der Waals surface area contributed by atoms with Crippen LogP contribution in [0.15, 0.2) is 64.4 Å². The predicted octanol–water partition coefficient (Wildman–Crippen LogP) is 4.26. The fourth-order valence-electron chi connectivity index (χ4n) is 2.58. The summed E-state index contributed by atoms with van der Waals surface area (Å²) >= 11 is 1.41. The average Bonchev–Trinajstić information content (AvgIpc) is 3.38. The number of nitrogens with zero attached hydrogens (tertiary/aromatic N) is 3. The maximum Gasteiger partial charge on any atom is 0.415 e. The molecule has 2 aromatic heterocycles. The standard InChI is InChI=1S/C21H18N4O3S/c1-14-7-9-16(10-8-14)22-18(26)11-19-23-17(13-29-19)12-27-21-25-24-20(28-21)15-5-3-2-4-6-15/h2-10,13H,11-12H2,1H3,(H,22,26). The van der Waals surface area contributed by atoms with Gasteiger partial charge in [-0.15, -0.1) is 16.4 Å². The molecule has 0 saturated heterocycles. The summed E-state index contributed by atoms with van der Waals surface area (Å²) in [5, 5.41) is 13.3. The molecule has 2 heterocycles. The number of nitrogens with one attached hydrogen (secondary N) is 1. The molecule has 0 aliphatic carbocycles. The number of aryl methyl sites for hydroxylation is 1. The molecule has 0 radical (unpaired) electrons. The second-order valence-corrected chi connectivity index (χ2v) is 7.29. The number of hydrogen-bond acceptors (Lipinski definition) is 7. The molecule has 0 fully saturated rings. The Bertz CT molecular complexity index is 1090. The number of ether oxygens (including phenoxy) is 1. The van der Waals surface area contributed by atoms with E-state index in [0.29, 0.717) is 16.6 Å². The van der Waals surface area contributed by atoms with Crippen LogP contribution in [0.1, 0.15) is 16.3 Å². The van der Waals surface area contributed by atoms with E-state index in [1.165, 1.54) is 11.3 Å². The van der Waals surface area contributed by atoms with Gasteiger partial charge in [-0.2, -0.15) is 0 Å². The lowest BCUT2D eigenvalue weighted by Gasteiger charge is -2.04. The van der Waals surface area contributed by atoms with Gasteiger partial charge in [0.2, 0.25) is 5.91 Å². The predicted molar refractivity (Wildman–Crippen MR) is 110 cm³/mol. The molecule has 1 N–H and O–H groups in total. The largest absolute Gasteiger partial charge is 0.442 e.